The summed E-state index contributed by atoms with van der Waals surface area (Å²) in [7, 11) is 0. The molecule has 2 aromatic heterocycles. The fourth-order valence-corrected chi connectivity index (χ4v) is 3.82. The summed E-state index contributed by atoms with van der Waals surface area (Å²) in [5, 5.41) is 0. The van der Waals surface area contributed by atoms with Gasteiger partial charge in [-0.2, -0.15) is 0 Å². The molecule has 0 amide bonds. The lowest BCUT2D eigenvalue weighted by Crippen LogP contribution is -2.10. The summed E-state index contributed by atoms with van der Waals surface area (Å²) in [6.45, 7) is 5.96. The van der Waals surface area contributed by atoms with Gasteiger partial charge in [0.05, 0.1) is 24.6 Å². The summed E-state index contributed by atoms with van der Waals surface area (Å²) < 4.78 is 11.7. The molecule has 0 aliphatic heterocycles. The first-order valence-electron chi connectivity index (χ1n) is 11.6. The van der Waals surface area contributed by atoms with Gasteiger partial charge in [0.2, 0.25) is 11.8 Å². The van der Waals surface area contributed by atoms with Crippen LogP contribution >= 0.6 is 0 Å². The number of nitrogens with zero attached hydrogens (tertiary/aromatic N) is 2. The van der Waals surface area contributed by atoms with E-state index in [4.69, 9.17) is 19.4 Å². The first-order valence-corrected chi connectivity index (χ1v) is 11.6. The summed E-state index contributed by atoms with van der Waals surface area (Å²) >= 11 is 0. The molecule has 1 aliphatic carbocycles. The molecule has 2 aromatic rings. The van der Waals surface area contributed by atoms with E-state index in [-0.39, 0.29) is 0 Å². The summed E-state index contributed by atoms with van der Waals surface area (Å²) in [6.07, 6.45) is 12.9. The Bertz CT molecular complexity index is 760. The van der Waals surface area contributed by atoms with Crippen molar-refractivity contribution in [3.8, 4) is 22.9 Å². The third-order valence-corrected chi connectivity index (χ3v) is 5.53. The number of fused-ring (bicyclic) bond motifs is 3. The Labute approximate surface area is 176 Å². The lowest BCUT2D eigenvalue weighted by atomic mass is 9.92. The summed E-state index contributed by atoms with van der Waals surface area (Å²) in [6, 6.07) is 8.26. The van der Waals surface area contributed by atoms with Crippen molar-refractivity contribution in [2.24, 2.45) is 0 Å². The molecule has 0 bridgehead atoms. The number of pyridine rings is 2. The van der Waals surface area contributed by atoms with Crippen LogP contribution in [-0.4, -0.2) is 23.2 Å². The predicted octanol–water partition coefficient (Wildman–Crippen LogP) is 6.55. The zero-order chi connectivity index (χ0) is 20.3. The highest BCUT2D eigenvalue weighted by Crippen LogP contribution is 2.34. The zero-order valence-corrected chi connectivity index (χ0v) is 18.2. The molecule has 0 N–H and O–H groups in total. The highest BCUT2D eigenvalue weighted by molar-refractivity contribution is 5.71. The molecule has 4 heteroatoms. The van der Waals surface area contributed by atoms with Gasteiger partial charge in [0.1, 0.15) is 0 Å². The van der Waals surface area contributed by atoms with Crippen LogP contribution in [0.15, 0.2) is 24.3 Å². The second-order valence-corrected chi connectivity index (χ2v) is 7.96. The van der Waals surface area contributed by atoms with Crippen molar-refractivity contribution in [3.63, 3.8) is 0 Å². The Morgan fingerprint density at radius 3 is 1.62 bits per heavy atom. The van der Waals surface area contributed by atoms with Crippen LogP contribution in [0.2, 0.25) is 0 Å². The third kappa shape index (κ3) is 6.45. The van der Waals surface area contributed by atoms with Crippen LogP contribution in [0.3, 0.4) is 0 Å². The number of aromatic nitrogens is 2. The van der Waals surface area contributed by atoms with Crippen LogP contribution < -0.4 is 9.47 Å². The maximum absolute atomic E-state index is 5.90. The van der Waals surface area contributed by atoms with Crippen LogP contribution in [-0.2, 0) is 12.8 Å². The van der Waals surface area contributed by atoms with Crippen LogP contribution in [0, 0.1) is 0 Å². The standard InChI is InChI=1S/C25H36N2O2/c1-3-5-7-8-9-11-19-29-25-17-13-21-20-12-16-24(28-18-10-6-4-2)26-22(20)14-15-23(21)27-25/h12-13,16-17H,3-11,14-15,18-19H2,1-2H3. The van der Waals surface area contributed by atoms with E-state index in [1.807, 2.05) is 12.1 Å². The van der Waals surface area contributed by atoms with E-state index in [0.717, 1.165) is 62.0 Å². The third-order valence-electron chi connectivity index (χ3n) is 5.53. The van der Waals surface area contributed by atoms with Crippen molar-refractivity contribution in [2.45, 2.75) is 84.5 Å². The molecule has 0 unspecified atom stereocenters. The van der Waals surface area contributed by atoms with Gasteiger partial charge >= 0.3 is 0 Å². The van der Waals surface area contributed by atoms with E-state index >= 15 is 0 Å². The van der Waals surface area contributed by atoms with Crippen molar-refractivity contribution < 1.29 is 9.47 Å². The zero-order valence-electron chi connectivity index (χ0n) is 18.2. The van der Waals surface area contributed by atoms with Crippen molar-refractivity contribution in [1.82, 2.24) is 9.97 Å². The fraction of sp³-hybridized carbons (Fsp3) is 0.600. The Morgan fingerprint density at radius 2 is 1.07 bits per heavy atom. The topological polar surface area (TPSA) is 44.2 Å². The number of aryl methyl sites for hydroxylation is 2. The number of unbranched alkanes of at least 4 members (excludes halogenated alkanes) is 7. The number of hydrogen-bond acceptors (Lipinski definition) is 4. The van der Waals surface area contributed by atoms with Crippen molar-refractivity contribution in [3.05, 3.63) is 35.7 Å². The lowest BCUT2D eigenvalue weighted by molar-refractivity contribution is 0.292. The normalized spacial score (nSPS) is 12.3. The molecule has 4 nitrogen and oxygen atoms in total. The average Bonchev–Trinajstić information content (AvgIpc) is 2.75. The molecule has 158 valence electrons. The summed E-state index contributed by atoms with van der Waals surface area (Å²) in [5.74, 6) is 1.50. The minimum atomic E-state index is 0.746. The second-order valence-electron chi connectivity index (χ2n) is 7.96. The minimum Gasteiger partial charge on any atom is -0.478 e. The van der Waals surface area contributed by atoms with Crippen LogP contribution in [0.25, 0.3) is 11.1 Å². The molecule has 0 saturated carbocycles. The monoisotopic (exact) mass is 396 g/mol. The van der Waals surface area contributed by atoms with E-state index in [0.29, 0.717) is 0 Å². The Kier molecular flexibility index (Phi) is 8.79. The first-order chi connectivity index (χ1) is 14.3. The SMILES string of the molecule is CCCCCCCCOc1ccc2c(n1)CCc1nc(OCCCCC)ccc1-2. The van der Waals surface area contributed by atoms with Gasteiger partial charge in [-0.05, 0) is 37.8 Å². The van der Waals surface area contributed by atoms with Gasteiger partial charge in [-0.15, -0.1) is 0 Å². The number of hydrogen-bond donors (Lipinski definition) is 0. The van der Waals surface area contributed by atoms with Gasteiger partial charge in [-0.1, -0.05) is 58.8 Å². The molecule has 0 saturated heterocycles. The van der Waals surface area contributed by atoms with Crippen LogP contribution in [0.4, 0.5) is 0 Å². The van der Waals surface area contributed by atoms with Gasteiger partial charge in [-0.25, -0.2) is 9.97 Å². The average molecular weight is 397 g/mol. The van der Waals surface area contributed by atoms with E-state index in [2.05, 4.69) is 26.0 Å². The van der Waals surface area contributed by atoms with Crippen molar-refractivity contribution in [1.29, 1.82) is 0 Å². The predicted molar refractivity (Wildman–Crippen MR) is 119 cm³/mol. The molecule has 0 aromatic carbocycles. The van der Waals surface area contributed by atoms with E-state index < -0.39 is 0 Å². The number of ether oxygens (including phenoxy) is 2. The smallest absolute Gasteiger partial charge is 0.213 e. The fourth-order valence-electron chi connectivity index (χ4n) is 3.82. The largest absolute Gasteiger partial charge is 0.478 e. The molecule has 0 fully saturated rings. The maximum atomic E-state index is 5.90. The number of rotatable bonds is 13. The van der Waals surface area contributed by atoms with Crippen LogP contribution in [0.5, 0.6) is 11.8 Å². The van der Waals surface area contributed by atoms with Gasteiger partial charge in [-0.3, -0.25) is 0 Å². The molecule has 0 radical (unpaired) electrons. The highest BCUT2D eigenvalue weighted by atomic mass is 16.5. The maximum Gasteiger partial charge on any atom is 0.213 e. The quantitative estimate of drug-likeness (QED) is 0.360. The minimum absolute atomic E-state index is 0.746. The van der Waals surface area contributed by atoms with Gasteiger partial charge < -0.3 is 9.47 Å². The Hall–Kier alpha value is -2.10. The molecule has 29 heavy (non-hydrogen) atoms. The van der Waals surface area contributed by atoms with Gasteiger partial charge in [0.25, 0.3) is 0 Å². The van der Waals surface area contributed by atoms with Gasteiger partial charge in [0, 0.05) is 23.3 Å². The molecule has 2 heterocycles. The van der Waals surface area contributed by atoms with Crippen molar-refractivity contribution >= 4 is 0 Å². The molecule has 0 atom stereocenters. The molecular formula is C25H36N2O2. The van der Waals surface area contributed by atoms with E-state index in [9.17, 15) is 0 Å². The van der Waals surface area contributed by atoms with E-state index in [1.165, 1.54) is 56.1 Å². The lowest BCUT2D eigenvalue weighted by Gasteiger charge is -2.19. The molecule has 3 rings (SSSR count). The van der Waals surface area contributed by atoms with Crippen LogP contribution in [0.1, 0.15) is 83.0 Å². The second kappa shape index (κ2) is 11.8. The summed E-state index contributed by atoms with van der Waals surface area (Å²) in [5.41, 5.74) is 4.61. The molecular weight excluding hydrogens is 360 g/mol. The Balaban J connectivity index is 1.53. The van der Waals surface area contributed by atoms with E-state index in [1.54, 1.807) is 0 Å². The molecule has 1 aliphatic rings. The highest BCUT2D eigenvalue weighted by Gasteiger charge is 2.19. The Morgan fingerprint density at radius 1 is 0.621 bits per heavy atom. The van der Waals surface area contributed by atoms with Crippen molar-refractivity contribution in [2.75, 3.05) is 13.2 Å². The molecule has 0 spiro atoms. The first kappa shape index (κ1) is 21.6. The van der Waals surface area contributed by atoms with Gasteiger partial charge in [0.15, 0.2) is 0 Å². The summed E-state index contributed by atoms with van der Waals surface area (Å²) in [4.78, 5) is 9.51.